The van der Waals surface area contributed by atoms with Crippen LogP contribution in [0.15, 0.2) is 48.5 Å². The molecule has 0 fully saturated rings. The number of hydrogen-bond donors (Lipinski definition) is 2. The summed E-state index contributed by atoms with van der Waals surface area (Å²) in [5, 5.41) is 9.36. The number of rotatable bonds is 11. The van der Waals surface area contributed by atoms with Crippen molar-refractivity contribution in [3.05, 3.63) is 59.7 Å². The molecule has 0 radical (unpaired) electrons. The number of aliphatic carboxylic acids is 1. The van der Waals surface area contributed by atoms with Gasteiger partial charge in [-0.25, -0.2) is 0 Å². The van der Waals surface area contributed by atoms with E-state index in [2.05, 4.69) is 0 Å². The van der Waals surface area contributed by atoms with Gasteiger partial charge in [-0.3, -0.25) is 9.59 Å². The van der Waals surface area contributed by atoms with Gasteiger partial charge in [0.2, 0.25) is 0 Å². The summed E-state index contributed by atoms with van der Waals surface area (Å²) in [6.07, 6.45) is 0. The molecule has 0 saturated carbocycles. The third kappa shape index (κ3) is 5.00. The van der Waals surface area contributed by atoms with Crippen molar-refractivity contribution in [2.24, 2.45) is 11.7 Å². The number of carboxylic acid groups (broad SMARTS) is 1. The van der Waals surface area contributed by atoms with E-state index in [1.165, 1.54) is 0 Å². The highest BCUT2D eigenvalue weighted by atomic mass is 16.5. The van der Waals surface area contributed by atoms with Crippen LogP contribution >= 0.6 is 0 Å². The Balaban J connectivity index is 1.59. The topological polar surface area (TPSA) is 108 Å². The molecule has 7 nitrogen and oxygen atoms in total. The van der Waals surface area contributed by atoms with Crippen LogP contribution in [0.2, 0.25) is 0 Å². The lowest BCUT2D eigenvalue weighted by Gasteiger charge is -2.17. The van der Waals surface area contributed by atoms with Crippen LogP contribution in [0.3, 0.4) is 0 Å². The number of fused-ring (bicyclic) bond motifs is 3. The number of carbonyl (C=O) groups is 2. The van der Waals surface area contributed by atoms with Gasteiger partial charge < -0.3 is 25.1 Å². The molecule has 1 aliphatic carbocycles. The van der Waals surface area contributed by atoms with Crippen molar-refractivity contribution in [1.82, 2.24) is 0 Å². The Bertz CT molecular complexity index is 807. The van der Waals surface area contributed by atoms with Gasteiger partial charge in [0, 0.05) is 12.5 Å². The monoisotopic (exact) mass is 399 g/mol. The van der Waals surface area contributed by atoms with Crippen LogP contribution < -0.4 is 5.73 Å². The highest BCUT2D eigenvalue weighted by Gasteiger charge is 2.32. The first-order valence-electron chi connectivity index (χ1n) is 9.56. The van der Waals surface area contributed by atoms with Gasteiger partial charge in [0.05, 0.1) is 26.4 Å². The second-order valence-electron chi connectivity index (χ2n) is 6.72. The molecule has 0 saturated heterocycles. The molecule has 154 valence electrons. The van der Waals surface area contributed by atoms with E-state index in [1.54, 1.807) is 0 Å². The molecule has 1 atom stereocenters. The van der Waals surface area contributed by atoms with Crippen LogP contribution in [0, 0.1) is 5.92 Å². The molecule has 0 spiro atoms. The number of nitrogens with two attached hydrogens (primary N) is 1. The lowest BCUT2D eigenvalue weighted by molar-refractivity contribution is -0.162. The Morgan fingerprint density at radius 3 is 2.10 bits per heavy atom. The van der Waals surface area contributed by atoms with Gasteiger partial charge >= 0.3 is 11.9 Å². The summed E-state index contributed by atoms with van der Waals surface area (Å²) in [5.74, 6) is -3.57. The van der Waals surface area contributed by atoms with Gasteiger partial charge in [-0.05, 0) is 22.3 Å². The summed E-state index contributed by atoms with van der Waals surface area (Å²) < 4.78 is 15.8. The van der Waals surface area contributed by atoms with Gasteiger partial charge in [0.25, 0.3) is 0 Å². The molecule has 7 heteroatoms. The maximum absolute atomic E-state index is 12.4. The fraction of sp³-hybridized carbons (Fsp3) is 0.364. The SMILES string of the molecule is NCCOCCOC[C@H](C(=O)O)C(=O)OCC1c2ccccc2-c2ccccc21. The summed E-state index contributed by atoms with van der Waals surface area (Å²) >= 11 is 0. The first kappa shape index (κ1) is 21.0. The van der Waals surface area contributed by atoms with Gasteiger partial charge in [-0.1, -0.05) is 48.5 Å². The maximum Gasteiger partial charge on any atom is 0.322 e. The zero-order valence-electron chi connectivity index (χ0n) is 16.1. The Kier molecular flexibility index (Phi) is 7.35. The largest absolute Gasteiger partial charge is 0.481 e. The van der Waals surface area contributed by atoms with Crippen LogP contribution in [0.1, 0.15) is 17.0 Å². The Morgan fingerprint density at radius 2 is 1.52 bits per heavy atom. The van der Waals surface area contributed by atoms with Crippen molar-refractivity contribution in [2.45, 2.75) is 5.92 Å². The molecular weight excluding hydrogens is 374 g/mol. The molecule has 2 aromatic carbocycles. The fourth-order valence-electron chi connectivity index (χ4n) is 3.45. The van der Waals surface area contributed by atoms with Crippen LogP contribution in [-0.4, -0.2) is 56.6 Å². The van der Waals surface area contributed by atoms with Crippen molar-refractivity contribution >= 4 is 11.9 Å². The highest BCUT2D eigenvalue weighted by molar-refractivity contribution is 5.94. The number of benzene rings is 2. The van der Waals surface area contributed by atoms with Crippen LogP contribution in [-0.2, 0) is 23.8 Å². The lowest BCUT2D eigenvalue weighted by atomic mass is 9.98. The molecule has 1 aliphatic rings. The van der Waals surface area contributed by atoms with E-state index in [4.69, 9.17) is 19.9 Å². The molecule has 3 N–H and O–H groups in total. The van der Waals surface area contributed by atoms with Gasteiger partial charge in [-0.2, -0.15) is 0 Å². The predicted molar refractivity (Wildman–Crippen MR) is 106 cm³/mol. The van der Waals surface area contributed by atoms with E-state index >= 15 is 0 Å². The molecule has 0 bridgehead atoms. The summed E-state index contributed by atoms with van der Waals surface area (Å²) in [5.41, 5.74) is 9.67. The van der Waals surface area contributed by atoms with Crippen LogP contribution in [0.5, 0.6) is 0 Å². The second-order valence-corrected chi connectivity index (χ2v) is 6.72. The molecule has 0 heterocycles. The highest BCUT2D eigenvalue weighted by Crippen LogP contribution is 2.44. The number of carbonyl (C=O) groups excluding carboxylic acids is 1. The molecule has 3 rings (SSSR count). The molecule has 0 unspecified atom stereocenters. The van der Waals surface area contributed by atoms with E-state index in [9.17, 15) is 14.7 Å². The normalized spacial score (nSPS) is 13.6. The standard InChI is InChI=1S/C22H25NO6/c23-9-10-27-11-12-28-13-20(21(24)25)22(26)29-14-19-17-7-3-1-5-15(17)16-6-2-4-8-18(16)19/h1-8,19-20H,9-14,23H2,(H,24,25)/t20-/m1/s1. The Labute approximate surface area is 169 Å². The van der Waals surface area contributed by atoms with Crippen molar-refractivity contribution in [3.8, 4) is 11.1 Å². The van der Waals surface area contributed by atoms with E-state index in [-0.39, 0.29) is 32.3 Å². The first-order valence-corrected chi connectivity index (χ1v) is 9.56. The van der Waals surface area contributed by atoms with E-state index in [1.807, 2.05) is 48.5 Å². The molecular formula is C22H25NO6. The number of esters is 1. The zero-order chi connectivity index (χ0) is 20.6. The summed E-state index contributed by atoms with van der Waals surface area (Å²) in [4.78, 5) is 23.9. The molecule has 29 heavy (non-hydrogen) atoms. The average Bonchev–Trinajstić information content (AvgIpc) is 3.05. The van der Waals surface area contributed by atoms with Crippen LogP contribution in [0.4, 0.5) is 0 Å². The van der Waals surface area contributed by atoms with Gasteiger partial charge in [0.1, 0.15) is 6.61 Å². The minimum absolute atomic E-state index is 0.0796. The predicted octanol–water partition coefficient (Wildman–Crippen LogP) is 2.03. The summed E-state index contributed by atoms with van der Waals surface area (Å²) in [6.45, 7) is 1.08. The lowest BCUT2D eigenvalue weighted by Crippen LogP contribution is -2.31. The second kappa shape index (κ2) is 10.2. The number of ether oxygens (including phenoxy) is 3. The van der Waals surface area contributed by atoms with Crippen molar-refractivity contribution in [1.29, 1.82) is 0 Å². The number of hydrogen-bond acceptors (Lipinski definition) is 6. The van der Waals surface area contributed by atoms with Crippen molar-refractivity contribution in [3.63, 3.8) is 0 Å². The minimum atomic E-state index is -1.38. The smallest absolute Gasteiger partial charge is 0.322 e. The molecule has 0 aliphatic heterocycles. The molecule has 0 aromatic heterocycles. The molecule has 0 amide bonds. The first-order chi connectivity index (χ1) is 14.1. The molecule has 2 aromatic rings. The van der Waals surface area contributed by atoms with Gasteiger partial charge in [-0.15, -0.1) is 0 Å². The quantitative estimate of drug-likeness (QED) is 0.338. The van der Waals surface area contributed by atoms with E-state index in [0.717, 1.165) is 22.3 Å². The third-order valence-corrected chi connectivity index (χ3v) is 4.86. The number of carboxylic acids is 1. The van der Waals surface area contributed by atoms with Crippen molar-refractivity contribution in [2.75, 3.05) is 39.6 Å². The van der Waals surface area contributed by atoms with E-state index in [0.29, 0.717) is 13.2 Å². The zero-order valence-corrected chi connectivity index (χ0v) is 16.1. The Morgan fingerprint density at radius 1 is 0.931 bits per heavy atom. The summed E-state index contributed by atoms with van der Waals surface area (Å²) in [6, 6.07) is 15.9. The summed E-state index contributed by atoms with van der Waals surface area (Å²) in [7, 11) is 0. The third-order valence-electron chi connectivity index (χ3n) is 4.86. The van der Waals surface area contributed by atoms with Crippen LogP contribution in [0.25, 0.3) is 11.1 Å². The van der Waals surface area contributed by atoms with E-state index < -0.39 is 17.9 Å². The van der Waals surface area contributed by atoms with Gasteiger partial charge in [0.15, 0.2) is 5.92 Å². The maximum atomic E-state index is 12.4. The van der Waals surface area contributed by atoms with Crippen molar-refractivity contribution < 1.29 is 28.9 Å². The fourth-order valence-corrected chi connectivity index (χ4v) is 3.45. The Hall–Kier alpha value is -2.74. The minimum Gasteiger partial charge on any atom is -0.481 e. The average molecular weight is 399 g/mol.